The van der Waals surface area contributed by atoms with Crippen molar-refractivity contribution >= 4 is 23.4 Å². The molecule has 2 N–H and O–H groups in total. The maximum atomic E-state index is 6.02. The van der Waals surface area contributed by atoms with E-state index < -0.39 is 0 Å². The summed E-state index contributed by atoms with van der Waals surface area (Å²) in [6, 6.07) is 13.4. The Bertz CT molecular complexity index is 996. The van der Waals surface area contributed by atoms with Crippen molar-refractivity contribution in [2.75, 3.05) is 12.8 Å². The highest BCUT2D eigenvalue weighted by molar-refractivity contribution is 7.98. The topological polar surface area (TPSA) is 91.5 Å². The lowest BCUT2D eigenvalue weighted by Crippen LogP contribution is -2.02. The van der Waals surface area contributed by atoms with Crippen LogP contribution in [0.5, 0.6) is 5.75 Å². The van der Waals surface area contributed by atoms with E-state index >= 15 is 0 Å². The van der Waals surface area contributed by atoms with Crippen LogP contribution in [0.1, 0.15) is 5.56 Å². The molecule has 0 aliphatic heterocycles. The molecule has 4 aromatic rings. The zero-order valence-electron chi connectivity index (χ0n) is 13.4. The molecule has 1 aromatic carbocycles. The van der Waals surface area contributed by atoms with Crippen LogP contribution in [0, 0.1) is 0 Å². The van der Waals surface area contributed by atoms with Crippen molar-refractivity contribution in [2.45, 2.75) is 10.8 Å². The highest BCUT2D eigenvalue weighted by Crippen LogP contribution is 2.25. The normalized spacial score (nSPS) is 11.1. The second-order valence-corrected chi connectivity index (χ2v) is 6.27. The number of aromatic nitrogens is 4. The Labute approximate surface area is 147 Å². The number of anilines is 1. The van der Waals surface area contributed by atoms with Crippen molar-refractivity contribution in [1.29, 1.82) is 0 Å². The number of fused-ring (bicyclic) bond motifs is 1. The van der Waals surface area contributed by atoms with Gasteiger partial charge in [-0.25, -0.2) is 9.97 Å². The van der Waals surface area contributed by atoms with Gasteiger partial charge in [0.1, 0.15) is 10.8 Å². The van der Waals surface area contributed by atoms with Crippen molar-refractivity contribution in [1.82, 2.24) is 19.6 Å². The standard InChI is InChI=1S/C17H15N5O2S/c1-23-12-6-4-11(5-7-12)10-25-15-9-14-19-16(13-3-2-8-24-13)21-22(14)17(18)20-15/h2-9H,10H2,1H3,(H2,18,20). The van der Waals surface area contributed by atoms with Gasteiger partial charge in [-0.15, -0.1) is 16.9 Å². The first-order chi connectivity index (χ1) is 12.2. The fraction of sp³-hybridized carbons (Fsp3) is 0.118. The molecule has 0 amide bonds. The monoisotopic (exact) mass is 353 g/mol. The molecule has 0 unspecified atom stereocenters. The van der Waals surface area contributed by atoms with Crippen molar-refractivity contribution in [3.05, 3.63) is 54.3 Å². The minimum atomic E-state index is 0.292. The van der Waals surface area contributed by atoms with Gasteiger partial charge in [0, 0.05) is 11.8 Å². The molecule has 25 heavy (non-hydrogen) atoms. The van der Waals surface area contributed by atoms with Gasteiger partial charge in [0.25, 0.3) is 0 Å². The number of methoxy groups -OCH3 is 1. The van der Waals surface area contributed by atoms with Crippen LogP contribution in [0.25, 0.3) is 17.2 Å². The minimum Gasteiger partial charge on any atom is -0.497 e. The Morgan fingerprint density at radius 3 is 2.76 bits per heavy atom. The van der Waals surface area contributed by atoms with Gasteiger partial charge in [0.05, 0.1) is 13.4 Å². The molecular formula is C17H15N5O2S. The average molecular weight is 353 g/mol. The summed E-state index contributed by atoms with van der Waals surface area (Å²) in [4.78, 5) is 8.85. The zero-order chi connectivity index (χ0) is 17.2. The summed E-state index contributed by atoms with van der Waals surface area (Å²) in [5.41, 5.74) is 7.82. The number of nitrogens with two attached hydrogens (primary N) is 1. The van der Waals surface area contributed by atoms with Crippen molar-refractivity contribution < 1.29 is 9.15 Å². The van der Waals surface area contributed by atoms with Crippen LogP contribution < -0.4 is 10.5 Å². The maximum absolute atomic E-state index is 6.02. The van der Waals surface area contributed by atoms with Gasteiger partial charge in [-0.2, -0.15) is 4.52 Å². The first kappa shape index (κ1) is 15.5. The third-order valence-corrected chi connectivity index (χ3v) is 4.60. The number of nitrogen functional groups attached to an aromatic ring is 1. The number of hydrogen-bond acceptors (Lipinski definition) is 7. The number of hydrogen-bond donors (Lipinski definition) is 1. The van der Waals surface area contributed by atoms with Crippen LogP contribution in [0.3, 0.4) is 0 Å². The van der Waals surface area contributed by atoms with E-state index in [1.54, 1.807) is 37.3 Å². The first-order valence-electron chi connectivity index (χ1n) is 7.56. The SMILES string of the molecule is COc1ccc(CSc2cc3nc(-c4ccco4)nn3c(N)n2)cc1. The number of benzene rings is 1. The quantitative estimate of drug-likeness (QED) is 0.435. The van der Waals surface area contributed by atoms with E-state index in [0.29, 0.717) is 23.2 Å². The molecule has 0 aliphatic rings. The van der Waals surface area contributed by atoms with Crippen LogP contribution in [0.2, 0.25) is 0 Å². The van der Waals surface area contributed by atoms with Crippen LogP contribution in [0.4, 0.5) is 5.95 Å². The third kappa shape index (κ3) is 3.16. The lowest BCUT2D eigenvalue weighted by molar-refractivity contribution is 0.414. The van der Waals surface area contributed by atoms with Gasteiger partial charge in [-0.1, -0.05) is 12.1 Å². The Hall–Kier alpha value is -3.00. The minimum absolute atomic E-state index is 0.292. The maximum Gasteiger partial charge on any atom is 0.224 e. The van der Waals surface area contributed by atoms with E-state index in [1.165, 1.54) is 10.1 Å². The van der Waals surface area contributed by atoms with Gasteiger partial charge in [-0.3, -0.25) is 0 Å². The van der Waals surface area contributed by atoms with Crippen molar-refractivity contribution in [3.8, 4) is 17.3 Å². The lowest BCUT2D eigenvalue weighted by Gasteiger charge is -2.04. The number of furan rings is 1. The number of thioether (sulfide) groups is 1. The smallest absolute Gasteiger partial charge is 0.224 e. The van der Waals surface area contributed by atoms with E-state index in [2.05, 4.69) is 15.1 Å². The number of ether oxygens (including phenoxy) is 1. The Morgan fingerprint density at radius 2 is 2.04 bits per heavy atom. The van der Waals surface area contributed by atoms with E-state index in [-0.39, 0.29) is 0 Å². The fourth-order valence-corrected chi connectivity index (χ4v) is 3.21. The van der Waals surface area contributed by atoms with Gasteiger partial charge in [0.15, 0.2) is 11.4 Å². The molecule has 0 saturated carbocycles. The third-order valence-electron chi connectivity index (χ3n) is 3.61. The second kappa shape index (κ2) is 6.48. The van der Waals surface area contributed by atoms with Gasteiger partial charge < -0.3 is 14.9 Å². The molecular weight excluding hydrogens is 338 g/mol. The van der Waals surface area contributed by atoms with E-state index in [9.17, 15) is 0 Å². The Balaban J connectivity index is 1.57. The predicted octanol–water partition coefficient (Wildman–Crippen LogP) is 3.27. The molecule has 0 atom stereocenters. The molecule has 0 spiro atoms. The summed E-state index contributed by atoms with van der Waals surface area (Å²) in [5.74, 6) is 2.98. The second-order valence-electron chi connectivity index (χ2n) is 5.27. The number of nitrogens with zero attached hydrogens (tertiary/aromatic N) is 4. The Kier molecular flexibility index (Phi) is 4.02. The van der Waals surface area contributed by atoms with Crippen LogP contribution in [0.15, 0.2) is 58.2 Å². The van der Waals surface area contributed by atoms with Crippen LogP contribution in [-0.2, 0) is 5.75 Å². The van der Waals surface area contributed by atoms with Crippen LogP contribution >= 0.6 is 11.8 Å². The predicted molar refractivity (Wildman–Crippen MR) is 95.5 cm³/mol. The number of rotatable bonds is 5. The molecule has 0 bridgehead atoms. The average Bonchev–Trinajstić information content (AvgIpc) is 3.30. The molecule has 8 heteroatoms. The van der Waals surface area contributed by atoms with Gasteiger partial charge >= 0.3 is 0 Å². The first-order valence-corrected chi connectivity index (χ1v) is 8.54. The summed E-state index contributed by atoms with van der Waals surface area (Å²) in [7, 11) is 1.65. The largest absolute Gasteiger partial charge is 0.497 e. The fourth-order valence-electron chi connectivity index (χ4n) is 2.35. The summed E-state index contributed by atoms with van der Waals surface area (Å²) in [6.45, 7) is 0. The molecule has 0 fully saturated rings. The summed E-state index contributed by atoms with van der Waals surface area (Å²) >= 11 is 1.59. The molecule has 4 rings (SSSR count). The van der Waals surface area contributed by atoms with E-state index in [4.69, 9.17) is 14.9 Å². The van der Waals surface area contributed by atoms with Gasteiger partial charge in [0.2, 0.25) is 11.8 Å². The summed E-state index contributed by atoms with van der Waals surface area (Å²) in [6.07, 6.45) is 1.58. The van der Waals surface area contributed by atoms with Crippen LogP contribution in [-0.4, -0.2) is 26.7 Å². The van der Waals surface area contributed by atoms with Crippen molar-refractivity contribution in [3.63, 3.8) is 0 Å². The Morgan fingerprint density at radius 1 is 1.20 bits per heavy atom. The summed E-state index contributed by atoms with van der Waals surface area (Å²) in [5, 5.41) is 5.13. The molecule has 0 radical (unpaired) electrons. The highest BCUT2D eigenvalue weighted by Gasteiger charge is 2.12. The molecule has 0 saturated heterocycles. The van der Waals surface area contributed by atoms with Gasteiger partial charge in [-0.05, 0) is 29.8 Å². The summed E-state index contributed by atoms with van der Waals surface area (Å²) < 4.78 is 12.0. The lowest BCUT2D eigenvalue weighted by atomic mass is 10.2. The molecule has 7 nitrogen and oxygen atoms in total. The molecule has 0 aliphatic carbocycles. The molecule has 3 heterocycles. The van der Waals surface area contributed by atoms with Crippen molar-refractivity contribution in [2.24, 2.45) is 0 Å². The molecule has 126 valence electrons. The highest BCUT2D eigenvalue weighted by atomic mass is 32.2. The van der Waals surface area contributed by atoms with E-state index in [1.807, 2.05) is 30.3 Å². The zero-order valence-corrected chi connectivity index (χ0v) is 14.2. The molecule has 3 aromatic heterocycles. The van der Waals surface area contributed by atoms with E-state index in [0.717, 1.165) is 16.5 Å².